The zero-order valence-corrected chi connectivity index (χ0v) is 18.9. The van der Waals surface area contributed by atoms with Gasteiger partial charge in [0.05, 0.1) is 12.3 Å². The summed E-state index contributed by atoms with van der Waals surface area (Å²) in [7, 11) is 0. The quantitative estimate of drug-likeness (QED) is 0.396. The molecule has 0 radical (unpaired) electrons. The molecule has 1 aliphatic carbocycles. The highest BCUT2D eigenvalue weighted by Crippen LogP contribution is 2.30. The van der Waals surface area contributed by atoms with E-state index in [1.54, 1.807) is 12.1 Å². The maximum Gasteiger partial charge on any atom is 0.339 e. The minimum absolute atomic E-state index is 0.182. The summed E-state index contributed by atoms with van der Waals surface area (Å²) in [6.07, 6.45) is 2.62. The van der Waals surface area contributed by atoms with E-state index in [4.69, 9.17) is 13.9 Å². The van der Waals surface area contributed by atoms with Crippen molar-refractivity contribution in [1.82, 2.24) is 4.98 Å². The Balaban J connectivity index is 1.22. The van der Waals surface area contributed by atoms with E-state index in [2.05, 4.69) is 10.3 Å². The molecular weight excluding hydrogens is 440 g/mol. The van der Waals surface area contributed by atoms with Gasteiger partial charge in [0.2, 0.25) is 0 Å². The van der Waals surface area contributed by atoms with Crippen LogP contribution in [-0.4, -0.2) is 24.1 Å². The fourth-order valence-corrected chi connectivity index (χ4v) is 4.75. The second-order valence-electron chi connectivity index (χ2n) is 7.69. The Labute approximate surface area is 194 Å². The second-order valence-corrected chi connectivity index (χ2v) is 8.55. The standard InChI is InChI=1S/C25H22N2O5S/c1-2-30-16-8-6-15(7-9-16)21-14-33-25(26-21)27-23(28)13-31-17-10-11-19-18-4-3-5-20(18)24(29)32-22(19)12-17/h6-12,14H,2-5,13H2,1H3,(H,26,27,28). The molecular formula is C25H22N2O5S. The molecule has 0 aliphatic heterocycles. The van der Waals surface area contributed by atoms with Gasteiger partial charge < -0.3 is 13.9 Å². The SMILES string of the molecule is CCOc1ccc(-c2csc(NC(=O)COc3ccc4c5c(c(=O)oc4c3)CCC5)n2)cc1. The third kappa shape index (κ3) is 4.47. The van der Waals surface area contributed by atoms with Crippen LogP contribution in [0.4, 0.5) is 5.13 Å². The Bertz CT molecular complexity index is 1370. The number of ether oxygens (including phenoxy) is 2. The minimum Gasteiger partial charge on any atom is -0.494 e. The summed E-state index contributed by atoms with van der Waals surface area (Å²) in [5.74, 6) is 0.950. The van der Waals surface area contributed by atoms with E-state index < -0.39 is 0 Å². The molecule has 4 aromatic rings. The first-order valence-electron chi connectivity index (χ1n) is 10.8. The summed E-state index contributed by atoms with van der Waals surface area (Å²) in [5.41, 5.74) is 3.77. The number of anilines is 1. The molecule has 5 rings (SSSR count). The van der Waals surface area contributed by atoms with Crippen LogP contribution >= 0.6 is 11.3 Å². The molecule has 2 aromatic carbocycles. The van der Waals surface area contributed by atoms with Crippen molar-refractivity contribution in [1.29, 1.82) is 0 Å². The Hall–Kier alpha value is -3.65. The predicted molar refractivity (Wildman–Crippen MR) is 127 cm³/mol. The molecule has 0 saturated carbocycles. The normalized spacial score (nSPS) is 12.5. The smallest absolute Gasteiger partial charge is 0.339 e. The molecule has 0 saturated heterocycles. The molecule has 168 valence electrons. The number of carbonyl (C=O) groups excluding carboxylic acids is 1. The summed E-state index contributed by atoms with van der Waals surface area (Å²) in [4.78, 5) is 29.0. The van der Waals surface area contributed by atoms with Gasteiger partial charge in [0.1, 0.15) is 17.1 Å². The van der Waals surface area contributed by atoms with Gasteiger partial charge in [-0.05, 0) is 68.1 Å². The van der Waals surface area contributed by atoms with Crippen molar-refractivity contribution in [3.05, 3.63) is 69.4 Å². The molecule has 2 aromatic heterocycles. The molecule has 1 N–H and O–H groups in total. The first-order chi connectivity index (χ1) is 16.1. The Kier molecular flexibility index (Phi) is 5.83. The summed E-state index contributed by atoms with van der Waals surface area (Å²) in [5, 5.41) is 6.07. The van der Waals surface area contributed by atoms with Crippen LogP contribution in [0.2, 0.25) is 0 Å². The number of rotatable bonds is 7. The van der Waals surface area contributed by atoms with Gasteiger partial charge in [-0.1, -0.05) is 0 Å². The van der Waals surface area contributed by atoms with Gasteiger partial charge in [-0.2, -0.15) is 0 Å². The van der Waals surface area contributed by atoms with E-state index in [1.807, 2.05) is 42.6 Å². The lowest BCUT2D eigenvalue weighted by molar-refractivity contribution is -0.118. The number of fused-ring (bicyclic) bond motifs is 3. The topological polar surface area (TPSA) is 90.7 Å². The Morgan fingerprint density at radius 3 is 2.70 bits per heavy atom. The van der Waals surface area contributed by atoms with E-state index in [9.17, 15) is 9.59 Å². The molecule has 0 spiro atoms. The molecule has 0 fully saturated rings. The number of aromatic nitrogens is 1. The molecule has 2 heterocycles. The summed E-state index contributed by atoms with van der Waals surface area (Å²) in [6.45, 7) is 2.37. The average Bonchev–Trinajstić information content (AvgIpc) is 3.49. The van der Waals surface area contributed by atoms with E-state index in [-0.39, 0.29) is 18.1 Å². The van der Waals surface area contributed by atoms with Crippen molar-refractivity contribution in [3.63, 3.8) is 0 Å². The lowest BCUT2D eigenvalue weighted by Gasteiger charge is -2.08. The van der Waals surface area contributed by atoms with Crippen LogP contribution in [0.25, 0.3) is 22.2 Å². The lowest BCUT2D eigenvalue weighted by atomic mass is 10.1. The molecule has 0 unspecified atom stereocenters. The first kappa shape index (κ1) is 21.2. The summed E-state index contributed by atoms with van der Waals surface area (Å²) < 4.78 is 16.5. The Morgan fingerprint density at radius 1 is 1.09 bits per heavy atom. The van der Waals surface area contributed by atoms with Crippen molar-refractivity contribution in [2.75, 3.05) is 18.5 Å². The van der Waals surface area contributed by atoms with E-state index in [1.165, 1.54) is 11.3 Å². The van der Waals surface area contributed by atoms with Crippen LogP contribution < -0.4 is 20.4 Å². The van der Waals surface area contributed by atoms with Gasteiger partial charge in [0.25, 0.3) is 5.91 Å². The number of hydrogen-bond donors (Lipinski definition) is 1. The van der Waals surface area contributed by atoms with Crippen molar-refractivity contribution in [3.8, 4) is 22.8 Å². The maximum absolute atomic E-state index is 12.4. The average molecular weight is 463 g/mol. The number of nitrogens with one attached hydrogen (secondary N) is 1. The molecule has 0 atom stereocenters. The van der Waals surface area contributed by atoms with E-state index in [0.29, 0.717) is 23.1 Å². The first-order valence-corrected chi connectivity index (χ1v) is 11.7. The highest BCUT2D eigenvalue weighted by atomic mass is 32.1. The third-order valence-corrected chi connectivity index (χ3v) is 6.28. The number of carbonyl (C=O) groups is 1. The molecule has 33 heavy (non-hydrogen) atoms. The molecule has 8 heteroatoms. The van der Waals surface area contributed by atoms with Crippen LogP contribution in [0, 0.1) is 0 Å². The van der Waals surface area contributed by atoms with Crippen molar-refractivity contribution < 1.29 is 18.7 Å². The second kappa shape index (κ2) is 9.07. The molecule has 0 bridgehead atoms. The number of benzene rings is 2. The van der Waals surface area contributed by atoms with Gasteiger partial charge in [-0.3, -0.25) is 10.1 Å². The fourth-order valence-electron chi connectivity index (χ4n) is 4.01. The monoisotopic (exact) mass is 462 g/mol. The van der Waals surface area contributed by atoms with Crippen LogP contribution in [-0.2, 0) is 17.6 Å². The molecule has 7 nitrogen and oxygen atoms in total. The van der Waals surface area contributed by atoms with Gasteiger partial charge >= 0.3 is 5.63 Å². The van der Waals surface area contributed by atoms with Gasteiger partial charge in [-0.15, -0.1) is 11.3 Å². The number of amides is 1. The van der Waals surface area contributed by atoms with Gasteiger partial charge in [0, 0.05) is 28.0 Å². The number of aryl methyl sites for hydroxylation is 1. The van der Waals surface area contributed by atoms with Crippen molar-refractivity contribution in [2.45, 2.75) is 26.2 Å². The molecule has 1 aliphatic rings. The highest BCUT2D eigenvalue weighted by molar-refractivity contribution is 7.14. The largest absolute Gasteiger partial charge is 0.494 e. The van der Waals surface area contributed by atoms with E-state index in [0.717, 1.165) is 52.8 Å². The summed E-state index contributed by atoms with van der Waals surface area (Å²) in [6, 6.07) is 13.0. The predicted octanol–water partition coefficient (Wildman–Crippen LogP) is 4.82. The number of thiazole rings is 1. The number of hydrogen-bond acceptors (Lipinski definition) is 7. The van der Waals surface area contributed by atoms with Gasteiger partial charge in [-0.25, -0.2) is 9.78 Å². The summed E-state index contributed by atoms with van der Waals surface area (Å²) >= 11 is 1.34. The third-order valence-electron chi connectivity index (χ3n) is 5.53. The highest BCUT2D eigenvalue weighted by Gasteiger charge is 2.19. The zero-order chi connectivity index (χ0) is 22.8. The number of nitrogens with zero attached hydrogens (tertiary/aromatic N) is 1. The lowest BCUT2D eigenvalue weighted by Crippen LogP contribution is -2.20. The van der Waals surface area contributed by atoms with Crippen LogP contribution in [0.15, 0.2) is 57.1 Å². The molecule has 1 amide bonds. The fraction of sp³-hybridized carbons (Fsp3) is 0.240. The zero-order valence-electron chi connectivity index (χ0n) is 18.1. The minimum atomic E-state index is -0.321. The van der Waals surface area contributed by atoms with Gasteiger partial charge in [0.15, 0.2) is 11.7 Å². The van der Waals surface area contributed by atoms with E-state index >= 15 is 0 Å². The van der Waals surface area contributed by atoms with Crippen LogP contribution in [0.3, 0.4) is 0 Å². The van der Waals surface area contributed by atoms with Crippen molar-refractivity contribution in [2.24, 2.45) is 0 Å². The van der Waals surface area contributed by atoms with Crippen LogP contribution in [0.1, 0.15) is 24.5 Å². The van der Waals surface area contributed by atoms with Crippen molar-refractivity contribution >= 4 is 33.3 Å². The maximum atomic E-state index is 12.4. The van der Waals surface area contributed by atoms with Crippen LogP contribution in [0.5, 0.6) is 11.5 Å². The Morgan fingerprint density at radius 2 is 1.88 bits per heavy atom.